The van der Waals surface area contributed by atoms with Crippen LogP contribution in [-0.2, 0) is 11.3 Å². The molecule has 0 saturated heterocycles. The smallest absolute Gasteiger partial charge is 0.307 e. The SMILES string of the molecule is CC(CNCc1cn[nH]c1-c1cccc(F)c1)C(=O)O. The van der Waals surface area contributed by atoms with Crippen molar-refractivity contribution in [2.75, 3.05) is 6.54 Å². The van der Waals surface area contributed by atoms with Gasteiger partial charge < -0.3 is 10.4 Å². The van der Waals surface area contributed by atoms with Crippen molar-refractivity contribution in [2.24, 2.45) is 5.92 Å². The highest BCUT2D eigenvalue weighted by Gasteiger charge is 2.12. The summed E-state index contributed by atoms with van der Waals surface area (Å²) < 4.78 is 13.2. The van der Waals surface area contributed by atoms with Gasteiger partial charge in [0, 0.05) is 24.2 Å². The Balaban J connectivity index is 2.04. The van der Waals surface area contributed by atoms with Gasteiger partial charge in [-0.15, -0.1) is 0 Å². The maximum atomic E-state index is 13.2. The molecule has 1 aromatic heterocycles. The lowest BCUT2D eigenvalue weighted by Gasteiger charge is -2.08. The second kappa shape index (κ2) is 6.29. The average molecular weight is 277 g/mol. The van der Waals surface area contributed by atoms with Crippen LogP contribution in [0.3, 0.4) is 0 Å². The molecule has 0 amide bonds. The molecule has 1 heterocycles. The van der Waals surface area contributed by atoms with Gasteiger partial charge in [-0.25, -0.2) is 4.39 Å². The van der Waals surface area contributed by atoms with Crippen LogP contribution in [0.2, 0.25) is 0 Å². The molecule has 3 N–H and O–H groups in total. The van der Waals surface area contributed by atoms with E-state index in [4.69, 9.17) is 5.11 Å². The van der Waals surface area contributed by atoms with Crippen molar-refractivity contribution in [3.05, 3.63) is 41.8 Å². The second-order valence-electron chi connectivity index (χ2n) is 4.65. The molecule has 0 aliphatic carbocycles. The molecule has 1 unspecified atom stereocenters. The summed E-state index contributed by atoms with van der Waals surface area (Å²) in [6.07, 6.45) is 1.65. The second-order valence-corrected chi connectivity index (χ2v) is 4.65. The molecule has 1 aromatic carbocycles. The van der Waals surface area contributed by atoms with Crippen LogP contribution in [0, 0.1) is 11.7 Å². The predicted molar refractivity (Wildman–Crippen MR) is 72.5 cm³/mol. The van der Waals surface area contributed by atoms with E-state index in [0.717, 1.165) is 11.3 Å². The average Bonchev–Trinajstić information content (AvgIpc) is 2.87. The first-order valence-electron chi connectivity index (χ1n) is 6.29. The number of carboxylic acids is 1. The van der Waals surface area contributed by atoms with Crippen molar-refractivity contribution in [3.63, 3.8) is 0 Å². The number of nitrogens with zero attached hydrogens (tertiary/aromatic N) is 1. The fraction of sp³-hybridized carbons (Fsp3) is 0.286. The highest BCUT2D eigenvalue weighted by molar-refractivity contribution is 5.69. The van der Waals surface area contributed by atoms with E-state index < -0.39 is 11.9 Å². The fourth-order valence-electron chi connectivity index (χ4n) is 1.85. The molecule has 2 rings (SSSR count). The van der Waals surface area contributed by atoms with E-state index in [-0.39, 0.29) is 5.82 Å². The molecule has 2 aromatic rings. The van der Waals surface area contributed by atoms with Gasteiger partial charge in [-0.3, -0.25) is 9.89 Å². The van der Waals surface area contributed by atoms with Gasteiger partial charge in [0.2, 0.25) is 0 Å². The summed E-state index contributed by atoms with van der Waals surface area (Å²) in [6, 6.07) is 6.23. The van der Waals surface area contributed by atoms with Gasteiger partial charge in [-0.2, -0.15) is 5.10 Å². The Labute approximate surface area is 115 Å². The summed E-state index contributed by atoms with van der Waals surface area (Å²) >= 11 is 0. The molecule has 0 fully saturated rings. The van der Waals surface area contributed by atoms with Crippen molar-refractivity contribution in [2.45, 2.75) is 13.5 Å². The first-order valence-corrected chi connectivity index (χ1v) is 6.29. The van der Waals surface area contributed by atoms with Crippen molar-refractivity contribution in [1.82, 2.24) is 15.5 Å². The number of halogens is 1. The lowest BCUT2D eigenvalue weighted by Crippen LogP contribution is -2.25. The lowest BCUT2D eigenvalue weighted by molar-refractivity contribution is -0.140. The number of hydrogen-bond donors (Lipinski definition) is 3. The molecule has 6 heteroatoms. The quantitative estimate of drug-likeness (QED) is 0.755. The van der Waals surface area contributed by atoms with Crippen LogP contribution in [-0.4, -0.2) is 27.8 Å². The zero-order valence-corrected chi connectivity index (χ0v) is 11.1. The van der Waals surface area contributed by atoms with Crippen molar-refractivity contribution in [3.8, 4) is 11.3 Å². The number of carboxylic acid groups (broad SMARTS) is 1. The molecule has 20 heavy (non-hydrogen) atoms. The van der Waals surface area contributed by atoms with Gasteiger partial charge in [0.25, 0.3) is 0 Å². The van der Waals surface area contributed by atoms with Crippen LogP contribution in [0.5, 0.6) is 0 Å². The monoisotopic (exact) mass is 277 g/mol. The molecule has 0 spiro atoms. The summed E-state index contributed by atoms with van der Waals surface area (Å²) in [5.74, 6) is -1.61. The highest BCUT2D eigenvalue weighted by atomic mass is 19.1. The molecule has 106 valence electrons. The van der Waals surface area contributed by atoms with E-state index in [1.807, 2.05) is 0 Å². The van der Waals surface area contributed by atoms with Gasteiger partial charge in [0.15, 0.2) is 0 Å². The van der Waals surface area contributed by atoms with Gasteiger partial charge in [0.05, 0.1) is 17.8 Å². The molecular formula is C14H16FN3O2. The molecular weight excluding hydrogens is 261 g/mol. The Morgan fingerprint density at radius 1 is 1.55 bits per heavy atom. The number of H-pyrrole nitrogens is 1. The Bertz CT molecular complexity index is 598. The van der Waals surface area contributed by atoms with E-state index in [2.05, 4.69) is 15.5 Å². The molecule has 0 aliphatic heterocycles. The maximum absolute atomic E-state index is 13.2. The predicted octanol–water partition coefficient (Wildman–Crippen LogP) is 2.03. The minimum atomic E-state index is -0.838. The van der Waals surface area contributed by atoms with Crippen LogP contribution in [0.15, 0.2) is 30.5 Å². The van der Waals surface area contributed by atoms with Crippen LogP contribution in [0.1, 0.15) is 12.5 Å². The summed E-state index contributed by atoms with van der Waals surface area (Å²) in [5.41, 5.74) is 2.32. The van der Waals surface area contributed by atoms with Crippen LogP contribution in [0.25, 0.3) is 11.3 Å². The molecule has 0 radical (unpaired) electrons. The van der Waals surface area contributed by atoms with Crippen LogP contribution < -0.4 is 5.32 Å². The largest absolute Gasteiger partial charge is 0.481 e. The zero-order valence-electron chi connectivity index (χ0n) is 11.1. The molecule has 0 saturated carbocycles. The third kappa shape index (κ3) is 3.42. The number of benzene rings is 1. The minimum absolute atomic E-state index is 0.310. The topological polar surface area (TPSA) is 78.0 Å². The summed E-state index contributed by atoms with van der Waals surface area (Å²) in [7, 11) is 0. The van der Waals surface area contributed by atoms with E-state index in [0.29, 0.717) is 18.7 Å². The Morgan fingerprint density at radius 3 is 3.05 bits per heavy atom. The third-order valence-electron chi connectivity index (χ3n) is 3.02. The van der Waals surface area contributed by atoms with E-state index in [9.17, 15) is 9.18 Å². The van der Waals surface area contributed by atoms with Gasteiger partial charge in [0.1, 0.15) is 5.82 Å². The molecule has 0 bridgehead atoms. The maximum Gasteiger partial charge on any atom is 0.307 e. The van der Waals surface area contributed by atoms with Crippen LogP contribution in [0.4, 0.5) is 4.39 Å². The van der Waals surface area contributed by atoms with E-state index in [1.54, 1.807) is 25.3 Å². The standard InChI is InChI=1S/C14H16FN3O2/c1-9(14(19)20)6-16-7-11-8-17-18-13(11)10-3-2-4-12(15)5-10/h2-5,8-9,16H,6-7H2,1H3,(H,17,18)(H,19,20). The molecule has 0 aliphatic rings. The highest BCUT2D eigenvalue weighted by Crippen LogP contribution is 2.21. The number of aliphatic carboxylic acids is 1. The Hall–Kier alpha value is -2.21. The third-order valence-corrected chi connectivity index (χ3v) is 3.02. The summed E-state index contributed by atoms with van der Waals surface area (Å²) in [5, 5.41) is 18.7. The number of aromatic amines is 1. The van der Waals surface area contributed by atoms with Crippen molar-refractivity contribution < 1.29 is 14.3 Å². The fourth-order valence-corrected chi connectivity index (χ4v) is 1.85. The molecule has 5 nitrogen and oxygen atoms in total. The van der Waals surface area contributed by atoms with Crippen molar-refractivity contribution >= 4 is 5.97 Å². The number of hydrogen-bond acceptors (Lipinski definition) is 3. The first-order chi connectivity index (χ1) is 9.58. The van der Waals surface area contributed by atoms with E-state index in [1.165, 1.54) is 12.1 Å². The summed E-state index contributed by atoms with van der Waals surface area (Å²) in [4.78, 5) is 10.7. The van der Waals surface area contributed by atoms with Gasteiger partial charge >= 0.3 is 5.97 Å². The Kier molecular flexibility index (Phi) is 4.47. The van der Waals surface area contributed by atoms with Gasteiger partial charge in [-0.05, 0) is 12.1 Å². The minimum Gasteiger partial charge on any atom is -0.481 e. The number of nitrogens with one attached hydrogen (secondary N) is 2. The molecule has 1 atom stereocenters. The number of rotatable bonds is 6. The van der Waals surface area contributed by atoms with E-state index >= 15 is 0 Å². The number of carbonyl (C=O) groups is 1. The van der Waals surface area contributed by atoms with Crippen molar-refractivity contribution in [1.29, 1.82) is 0 Å². The number of aromatic nitrogens is 2. The van der Waals surface area contributed by atoms with Crippen LogP contribution >= 0.6 is 0 Å². The Morgan fingerprint density at radius 2 is 2.35 bits per heavy atom. The zero-order chi connectivity index (χ0) is 14.5. The summed E-state index contributed by atoms with van der Waals surface area (Å²) in [6.45, 7) is 2.47. The lowest BCUT2D eigenvalue weighted by atomic mass is 10.1. The first kappa shape index (κ1) is 14.2. The van der Waals surface area contributed by atoms with Gasteiger partial charge in [-0.1, -0.05) is 19.1 Å². The normalized spacial score (nSPS) is 12.3.